The normalized spacial score (nSPS) is 11.7. The van der Waals surface area contributed by atoms with E-state index in [9.17, 15) is 0 Å². The van der Waals surface area contributed by atoms with Gasteiger partial charge < -0.3 is 0 Å². The van der Waals surface area contributed by atoms with Crippen LogP contribution in [-0.2, 0) is 25.7 Å². The molecule has 0 aliphatic heterocycles. The molecule has 0 radical (unpaired) electrons. The minimum atomic E-state index is 1.15. The van der Waals surface area contributed by atoms with Crippen LogP contribution in [-0.4, -0.2) is 0 Å². The second-order valence-electron chi connectivity index (χ2n) is 18.4. The van der Waals surface area contributed by atoms with Crippen LogP contribution < -0.4 is 0 Å². The van der Waals surface area contributed by atoms with Crippen molar-refractivity contribution in [2.24, 2.45) is 0 Å². The van der Waals surface area contributed by atoms with Gasteiger partial charge in [0.15, 0.2) is 0 Å². The Morgan fingerprint density at radius 1 is 0.288 bits per heavy atom. The van der Waals surface area contributed by atoms with E-state index < -0.39 is 0 Å². The summed E-state index contributed by atoms with van der Waals surface area (Å²) in [5.74, 6) is 0. The maximum absolute atomic E-state index is 2.56. The van der Waals surface area contributed by atoms with Gasteiger partial charge >= 0.3 is 0 Å². The van der Waals surface area contributed by atoms with Crippen LogP contribution in [0.25, 0.3) is 92.9 Å². The number of benzene rings is 6. The van der Waals surface area contributed by atoms with Gasteiger partial charge in [-0.3, -0.25) is 0 Å². The van der Waals surface area contributed by atoms with Crippen molar-refractivity contribution in [3.8, 4) is 41.8 Å². The number of fused-ring (bicyclic) bond motifs is 7. The van der Waals surface area contributed by atoms with E-state index in [1.165, 1.54) is 179 Å². The summed E-state index contributed by atoms with van der Waals surface area (Å²) in [6, 6.07) is 48.1. The first-order valence-electron chi connectivity index (χ1n) is 25.1. The fraction of sp³-hybridized carbons (Fsp3) is 0.323. The Morgan fingerprint density at radius 2 is 0.561 bits per heavy atom. The smallest absolute Gasteiger partial charge is 0.0890 e. The van der Waals surface area contributed by atoms with E-state index in [1.54, 1.807) is 0 Å². The summed E-state index contributed by atoms with van der Waals surface area (Å²) < 4.78 is 4.20. The summed E-state index contributed by atoms with van der Waals surface area (Å²) >= 11 is 7.91. The van der Waals surface area contributed by atoms with Gasteiger partial charge in [0.25, 0.3) is 0 Å². The molecule has 0 saturated heterocycles. The number of aryl methyl sites for hydroxylation is 4. The second kappa shape index (κ2) is 21.6. The van der Waals surface area contributed by atoms with Gasteiger partial charge in [-0.15, -0.1) is 45.3 Å². The van der Waals surface area contributed by atoms with Crippen LogP contribution in [0.3, 0.4) is 0 Å². The summed E-state index contributed by atoms with van der Waals surface area (Å²) in [5, 5.41) is 9.71. The number of hydrogen-bond acceptors (Lipinski definition) is 4. The van der Waals surface area contributed by atoms with Crippen LogP contribution in [0.5, 0.6) is 0 Å². The van der Waals surface area contributed by atoms with Crippen LogP contribution in [0.15, 0.2) is 121 Å². The molecular formula is C62H66S4. The van der Waals surface area contributed by atoms with E-state index in [0.717, 1.165) is 25.7 Å². The molecule has 0 saturated carbocycles. The topological polar surface area (TPSA) is 0 Å². The van der Waals surface area contributed by atoms with Crippen LogP contribution in [0.4, 0.5) is 0 Å². The first-order valence-corrected chi connectivity index (χ1v) is 28.4. The third-order valence-corrected chi connectivity index (χ3v) is 18.4. The summed E-state index contributed by atoms with van der Waals surface area (Å²) in [4.78, 5) is 5.52. The Bertz CT molecular complexity index is 2950. The van der Waals surface area contributed by atoms with E-state index in [2.05, 4.69) is 163 Å². The van der Waals surface area contributed by atoms with Crippen molar-refractivity contribution in [1.29, 1.82) is 0 Å². The fourth-order valence-electron chi connectivity index (χ4n) is 9.25. The Balaban J connectivity index is 0.00000132. The van der Waals surface area contributed by atoms with Gasteiger partial charge in [-0.25, -0.2) is 0 Å². The third-order valence-electron chi connectivity index (χ3n) is 13.4. The highest BCUT2D eigenvalue weighted by Gasteiger charge is 2.22. The minimum Gasteiger partial charge on any atom is -0.134 e. The highest BCUT2D eigenvalue weighted by molar-refractivity contribution is 7.44. The monoisotopic (exact) mass is 938 g/mol. The van der Waals surface area contributed by atoms with Gasteiger partial charge in [0.1, 0.15) is 0 Å². The molecule has 0 aliphatic carbocycles. The molecule has 0 fully saturated rings. The lowest BCUT2D eigenvalue weighted by atomic mass is 9.98. The molecule has 0 unspecified atom stereocenters. The molecule has 0 amide bonds. The van der Waals surface area contributed by atoms with Crippen molar-refractivity contribution in [2.75, 3.05) is 0 Å². The second-order valence-corrected chi connectivity index (χ2v) is 22.8. The summed E-state index contributed by atoms with van der Waals surface area (Å²) in [6.45, 7) is 13.5. The molecule has 0 nitrogen and oxygen atoms in total. The maximum atomic E-state index is 2.56. The predicted octanol–water partition coefficient (Wildman–Crippen LogP) is 21.5. The molecule has 0 aliphatic rings. The van der Waals surface area contributed by atoms with Crippen LogP contribution >= 0.6 is 45.3 Å². The molecule has 4 heterocycles. The molecule has 338 valence electrons. The standard InChI is InChI=1S/C58H56S4.C4H10/c1-5-9-13-37-17-25-41(26-18-37)54-45-33-49-51(35-47(45)56(61-54)43-29-21-39(22-30-43)15-11-7-3)59-58-53(49)50-34-46-48(36-52(50)60-58)57(44-31-23-40(24-32-44)16-12-8-4)62-55(46)42-27-19-38(20-28-42)14-10-6-2;1-3-4-2/h17-36H,5-16H2,1-4H3;3-4H2,1-2H3. The number of unbranched alkanes of at least 4 members (excludes halogenated alkanes) is 5. The minimum absolute atomic E-state index is 1.15. The van der Waals surface area contributed by atoms with E-state index in [0.29, 0.717) is 0 Å². The Hall–Kier alpha value is -4.58. The zero-order valence-electron chi connectivity index (χ0n) is 40.1. The van der Waals surface area contributed by atoms with Gasteiger partial charge in [0.2, 0.25) is 0 Å². The van der Waals surface area contributed by atoms with Crippen molar-refractivity contribution in [1.82, 2.24) is 0 Å². The SMILES string of the molecule is CCCC.CCCCc1ccc(-c2sc(-c3ccc(CCCC)cc3)c3cc4c(cc23)sc2sc3cc5c(-c6ccc(CCCC)cc6)sc(-c6ccc(CCCC)cc6)c5cc3c24)cc1. The van der Waals surface area contributed by atoms with E-state index in [1.807, 2.05) is 45.3 Å². The number of thiophene rings is 4. The third kappa shape index (κ3) is 9.72. The van der Waals surface area contributed by atoms with Crippen molar-refractivity contribution in [2.45, 2.75) is 131 Å². The van der Waals surface area contributed by atoms with Gasteiger partial charge in [0, 0.05) is 66.6 Å². The zero-order chi connectivity index (χ0) is 45.6. The quantitative estimate of drug-likeness (QED) is 0.0853. The van der Waals surface area contributed by atoms with Crippen molar-refractivity contribution in [3.05, 3.63) is 144 Å². The predicted molar refractivity (Wildman–Crippen MR) is 302 cm³/mol. The Kier molecular flexibility index (Phi) is 15.2. The van der Waals surface area contributed by atoms with E-state index in [4.69, 9.17) is 0 Å². The Labute approximate surface area is 410 Å². The lowest BCUT2D eigenvalue weighted by Crippen LogP contribution is -1.84. The molecular weight excluding hydrogens is 873 g/mol. The summed E-state index contributed by atoms with van der Waals surface area (Å²) in [6.07, 6.45) is 17.1. The van der Waals surface area contributed by atoms with Crippen molar-refractivity contribution >= 4 is 96.5 Å². The van der Waals surface area contributed by atoms with Crippen LogP contribution in [0.2, 0.25) is 0 Å². The highest BCUT2D eigenvalue weighted by Crippen LogP contribution is 2.53. The van der Waals surface area contributed by atoms with Gasteiger partial charge in [-0.05, 0) is 120 Å². The van der Waals surface area contributed by atoms with Crippen molar-refractivity contribution in [3.63, 3.8) is 0 Å². The average Bonchev–Trinajstić information content (AvgIpc) is 4.12. The molecule has 0 atom stereocenters. The molecule has 66 heavy (non-hydrogen) atoms. The highest BCUT2D eigenvalue weighted by atomic mass is 32.2. The Morgan fingerprint density at radius 3 is 0.818 bits per heavy atom. The first kappa shape index (κ1) is 46.5. The van der Waals surface area contributed by atoms with E-state index >= 15 is 0 Å². The molecule has 4 heteroatoms. The molecule has 0 spiro atoms. The number of rotatable bonds is 17. The lowest BCUT2D eigenvalue weighted by Gasteiger charge is -2.05. The molecule has 6 aromatic carbocycles. The fourth-order valence-corrected chi connectivity index (χ4v) is 14.4. The molecule has 0 N–H and O–H groups in total. The van der Waals surface area contributed by atoms with Crippen LogP contribution in [0, 0.1) is 0 Å². The maximum Gasteiger partial charge on any atom is 0.0890 e. The van der Waals surface area contributed by atoms with Gasteiger partial charge in [-0.2, -0.15) is 0 Å². The summed E-state index contributed by atoms with van der Waals surface area (Å²) in [5.41, 5.74) is 11.0. The summed E-state index contributed by atoms with van der Waals surface area (Å²) in [7, 11) is 0. The molecule has 10 rings (SSSR count). The zero-order valence-corrected chi connectivity index (χ0v) is 43.3. The lowest BCUT2D eigenvalue weighted by molar-refractivity contribution is 0.795. The first-order chi connectivity index (χ1) is 32.4. The average molecular weight is 939 g/mol. The van der Waals surface area contributed by atoms with E-state index in [-0.39, 0.29) is 0 Å². The van der Waals surface area contributed by atoms with Crippen LogP contribution in [0.1, 0.15) is 128 Å². The molecule has 10 aromatic rings. The largest absolute Gasteiger partial charge is 0.134 e. The number of hydrogen-bond donors (Lipinski definition) is 0. The van der Waals surface area contributed by atoms with Gasteiger partial charge in [0.05, 0.1) is 4.01 Å². The molecule has 4 aromatic heterocycles. The van der Waals surface area contributed by atoms with Gasteiger partial charge in [-0.1, -0.05) is 177 Å². The van der Waals surface area contributed by atoms with Crippen molar-refractivity contribution < 1.29 is 0 Å². The molecule has 0 bridgehead atoms.